The third-order valence-corrected chi connectivity index (χ3v) is 8.66. The average molecular weight is 734 g/mol. The van der Waals surface area contributed by atoms with Crippen LogP contribution in [-0.4, -0.2) is 25.9 Å². The minimum atomic E-state index is -4.08. The van der Waals surface area contributed by atoms with Crippen molar-refractivity contribution in [2.75, 3.05) is 5.73 Å². The van der Waals surface area contributed by atoms with E-state index in [-0.39, 0.29) is 9.79 Å². The van der Waals surface area contributed by atoms with Crippen LogP contribution in [0.5, 0.6) is 0 Å². The first kappa shape index (κ1) is 50.0. The summed E-state index contributed by atoms with van der Waals surface area (Å²) in [5, 5.41) is 0. The molecule has 270 valence electrons. The van der Waals surface area contributed by atoms with Gasteiger partial charge in [-0.1, -0.05) is 148 Å². The van der Waals surface area contributed by atoms with Crippen LogP contribution in [-0.2, 0) is 44.0 Å². The summed E-state index contributed by atoms with van der Waals surface area (Å²) in [6.07, 6.45) is 27.8. The van der Waals surface area contributed by atoms with Crippen LogP contribution in [0.25, 0.3) is 0 Å². The Morgan fingerprint density at radius 1 is 0.511 bits per heavy atom. The van der Waals surface area contributed by atoms with E-state index in [0.717, 1.165) is 33.2 Å². The molecule has 4 N–H and O–H groups in total. The van der Waals surface area contributed by atoms with Crippen LogP contribution in [0.3, 0.4) is 0 Å². The van der Waals surface area contributed by atoms with Crippen molar-refractivity contribution >= 4 is 25.9 Å². The fourth-order valence-electron chi connectivity index (χ4n) is 4.21. The van der Waals surface area contributed by atoms with Gasteiger partial charge in [-0.05, 0) is 36.4 Å². The predicted octanol–water partition coefficient (Wildman–Crippen LogP) is 10.8. The maximum atomic E-state index is 10.5. The number of unbranched alkanes of at least 4 members (excludes halogenated alkanes) is 18. The number of anilines is 1. The summed E-state index contributed by atoms with van der Waals surface area (Å²) in [5.74, 6) is 0. The third-order valence-electron chi connectivity index (χ3n) is 6.93. The normalized spacial score (nSPS) is 10.6. The molecule has 47 heavy (non-hydrogen) atoms. The van der Waals surface area contributed by atoms with E-state index < -0.39 is 20.2 Å². The maximum absolute atomic E-state index is 10.5. The number of hydrogen-bond acceptors (Lipinski definition) is 6. The Balaban J connectivity index is -0.000000540. The van der Waals surface area contributed by atoms with Crippen molar-refractivity contribution < 1.29 is 49.7 Å². The van der Waals surface area contributed by atoms with Crippen molar-refractivity contribution in [1.82, 2.24) is 0 Å². The first-order valence-electron chi connectivity index (χ1n) is 17.1. The molecule has 0 bridgehead atoms. The first-order chi connectivity index (χ1) is 22.4. The molecular weight excluding hydrogens is 670 g/mol. The Bertz CT molecular complexity index is 1090. The molecule has 0 amide bonds. The van der Waals surface area contributed by atoms with Crippen LogP contribution in [0.4, 0.5) is 5.69 Å². The minimum absolute atomic E-state index is 0.0741. The molecule has 0 radical (unpaired) electrons. The van der Waals surface area contributed by atoms with Gasteiger partial charge in [-0.3, -0.25) is 9.11 Å². The van der Waals surface area contributed by atoms with E-state index in [2.05, 4.69) is 27.7 Å². The van der Waals surface area contributed by atoms with Gasteiger partial charge in [-0.15, -0.1) is 0 Å². The van der Waals surface area contributed by atoms with Gasteiger partial charge in [-0.25, -0.2) is 0 Å². The number of nitrogen functional groups attached to an aromatic ring is 1. The molecule has 0 fully saturated rings. The molecule has 2 aromatic carbocycles. The monoisotopic (exact) mass is 733 g/mol. The quantitative estimate of drug-likeness (QED) is 0.0400. The Morgan fingerprint density at radius 2 is 0.787 bits per heavy atom. The Morgan fingerprint density at radius 3 is 1.04 bits per heavy atom. The summed E-state index contributed by atoms with van der Waals surface area (Å²) in [6, 6.07) is 12.7. The summed E-state index contributed by atoms with van der Waals surface area (Å²) >= 11 is 0.750. The van der Waals surface area contributed by atoms with Gasteiger partial charge in [0.15, 0.2) is 0 Å². The van der Waals surface area contributed by atoms with Gasteiger partial charge >= 0.3 is 23.7 Å². The summed E-state index contributed by atoms with van der Waals surface area (Å²) in [6.45, 7) is 12.2. The Labute approximate surface area is 300 Å². The molecule has 0 atom stereocenters. The molecule has 0 aliphatic rings. The van der Waals surface area contributed by atoms with Gasteiger partial charge in [0.25, 0.3) is 20.2 Å². The van der Waals surface area contributed by atoms with Crippen LogP contribution in [0.15, 0.2) is 64.4 Å². The van der Waals surface area contributed by atoms with Gasteiger partial charge in [0, 0.05) is 5.69 Å². The van der Waals surface area contributed by atoms with Crippen LogP contribution in [0, 0.1) is 13.8 Å². The number of rotatable bonds is 20. The van der Waals surface area contributed by atoms with E-state index in [1.165, 1.54) is 152 Å². The average Bonchev–Trinajstić information content (AvgIpc) is 3.05. The van der Waals surface area contributed by atoms with E-state index in [1.54, 1.807) is 18.2 Å². The molecule has 0 aliphatic carbocycles. The van der Waals surface area contributed by atoms with Crippen molar-refractivity contribution in [3.8, 4) is 0 Å². The summed E-state index contributed by atoms with van der Waals surface area (Å²) in [4.78, 5) is -0.221. The standard InChI is InChI=1S/2C12H25.C6H7NO3S.C6H6O3S.O.Ti/c2*1-3-5-7-9-11-12-10-8-6-4-2;7-5-1-3-6(4-2-5)11(8,9)10;7-10(8,9)6-4-2-1-3-5-6;;/h2*1,3-12H2,2H3;1-4H,7H2,(H,8,9,10);1-5H,(H,7,8,9);;/q2*-1;;;;+2. The molecule has 0 heterocycles. The topological polar surface area (TPSA) is 152 Å². The van der Waals surface area contributed by atoms with Crippen molar-refractivity contribution in [3.63, 3.8) is 0 Å². The van der Waals surface area contributed by atoms with Crippen molar-refractivity contribution in [3.05, 3.63) is 68.4 Å². The van der Waals surface area contributed by atoms with Crippen LogP contribution < -0.4 is 5.73 Å². The number of hydrogen-bond donors (Lipinski definition) is 3. The van der Waals surface area contributed by atoms with Crippen molar-refractivity contribution in [2.24, 2.45) is 0 Å². The second kappa shape index (κ2) is 35.9. The van der Waals surface area contributed by atoms with E-state index in [9.17, 15) is 16.8 Å². The molecular formula is C36H63NO7S2Ti. The zero-order chi connectivity index (χ0) is 36.2. The number of benzene rings is 2. The van der Waals surface area contributed by atoms with Crippen molar-refractivity contribution in [2.45, 2.75) is 152 Å². The van der Waals surface area contributed by atoms with Crippen LogP contribution in [0.2, 0.25) is 0 Å². The van der Waals surface area contributed by atoms with E-state index in [0.29, 0.717) is 5.69 Å². The molecule has 0 spiro atoms. The first-order valence-corrected chi connectivity index (χ1v) is 20.6. The van der Waals surface area contributed by atoms with Gasteiger partial charge in [0.1, 0.15) is 0 Å². The summed E-state index contributed by atoms with van der Waals surface area (Å²) in [7, 11) is -8.08. The van der Waals surface area contributed by atoms with Crippen LogP contribution in [0.1, 0.15) is 142 Å². The molecule has 0 aliphatic heterocycles. The molecule has 0 aromatic heterocycles. The zero-order valence-electron chi connectivity index (χ0n) is 29.1. The second-order valence-electron chi connectivity index (χ2n) is 11.2. The fourth-order valence-corrected chi connectivity index (χ4v) is 5.19. The molecule has 2 rings (SSSR count). The molecule has 11 heteroatoms. The Kier molecular flexibility index (Phi) is 38.1. The zero-order valence-corrected chi connectivity index (χ0v) is 32.3. The summed E-state index contributed by atoms with van der Waals surface area (Å²) < 4.78 is 66.9. The third kappa shape index (κ3) is 37.2. The summed E-state index contributed by atoms with van der Waals surface area (Å²) in [5.41, 5.74) is 5.75. The number of nitrogens with two attached hydrogens (primary N) is 1. The van der Waals surface area contributed by atoms with Gasteiger partial charge in [0.05, 0.1) is 9.79 Å². The molecule has 8 nitrogen and oxygen atoms in total. The molecule has 0 unspecified atom stereocenters. The van der Waals surface area contributed by atoms with Crippen LogP contribution >= 0.6 is 0 Å². The van der Waals surface area contributed by atoms with Gasteiger partial charge in [0.2, 0.25) is 0 Å². The van der Waals surface area contributed by atoms with E-state index >= 15 is 0 Å². The Hall–Kier alpha value is -1.43. The van der Waals surface area contributed by atoms with Gasteiger partial charge in [-0.2, -0.15) is 29.7 Å². The molecule has 2 aromatic rings. The molecule has 0 saturated carbocycles. The second-order valence-corrected chi connectivity index (χ2v) is 14.0. The van der Waals surface area contributed by atoms with E-state index in [4.69, 9.17) is 18.2 Å². The SMILES string of the molecule is Nc1ccc(S(=O)(=O)O)cc1.O=S(=O)(O)c1ccccc1.[CH2-]CCCCCCCCCCC.[CH2-]CCCCCCCCCCC.[O]=[Ti+2]. The molecule has 0 saturated heterocycles. The van der Waals surface area contributed by atoms with E-state index in [1.807, 2.05) is 0 Å². The van der Waals surface area contributed by atoms with Gasteiger partial charge < -0.3 is 19.6 Å². The fraction of sp³-hybridized carbons (Fsp3) is 0.611. The van der Waals surface area contributed by atoms with Crippen molar-refractivity contribution in [1.29, 1.82) is 0 Å². The predicted molar refractivity (Wildman–Crippen MR) is 192 cm³/mol.